The predicted molar refractivity (Wildman–Crippen MR) is 90.0 cm³/mol. The Labute approximate surface area is 143 Å². The molecule has 5 nitrogen and oxygen atoms in total. The molecule has 2 fully saturated rings. The molecule has 0 aromatic carbocycles. The molecule has 2 atom stereocenters. The molecule has 1 aromatic heterocycles. The first kappa shape index (κ1) is 15.9. The number of aromatic nitrogens is 1. The molecule has 1 amide bonds. The highest BCUT2D eigenvalue weighted by Gasteiger charge is 2.36. The summed E-state index contributed by atoms with van der Waals surface area (Å²) in [7, 11) is 0. The molecule has 5 heteroatoms. The maximum absolute atomic E-state index is 12.6. The van der Waals surface area contributed by atoms with E-state index in [2.05, 4.69) is 18.0 Å². The summed E-state index contributed by atoms with van der Waals surface area (Å²) in [6.07, 6.45) is 7.47. The number of amides is 1. The minimum absolute atomic E-state index is 0.0520. The molecule has 3 aliphatic heterocycles. The second-order valence-corrected chi connectivity index (χ2v) is 7.41. The highest BCUT2D eigenvalue weighted by atomic mass is 16.5. The van der Waals surface area contributed by atoms with Crippen LogP contribution in [-0.4, -0.2) is 47.7 Å². The van der Waals surface area contributed by atoms with Crippen molar-refractivity contribution in [2.24, 2.45) is 5.92 Å². The summed E-state index contributed by atoms with van der Waals surface area (Å²) >= 11 is 0. The summed E-state index contributed by atoms with van der Waals surface area (Å²) in [6.45, 7) is 3.75. The van der Waals surface area contributed by atoms with E-state index in [0.29, 0.717) is 30.4 Å². The fourth-order valence-corrected chi connectivity index (χ4v) is 4.39. The number of rotatable bonds is 0. The number of fused-ring (bicyclic) bond motifs is 5. The van der Waals surface area contributed by atoms with Crippen LogP contribution in [0.4, 0.5) is 0 Å². The number of carbonyl (C=O) groups excluding carboxylic acids is 1. The van der Waals surface area contributed by atoms with Gasteiger partial charge in [-0.15, -0.1) is 0 Å². The largest absolute Gasteiger partial charge is 0.467 e. The van der Waals surface area contributed by atoms with Crippen LogP contribution in [0.3, 0.4) is 0 Å². The molecule has 1 saturated carbocycles. The lowest BCUT2D eigenvalue weighted by molar-refractivity contribution is -0.136. The number of carbonyl (C=O) groups is 1. The highest BCUT2D eigenvalue weighted by Crippen LogP contribution is 2.38. The summed E-state index contributed by atoms with van der Waals surface area (Å²) < 4.78 is 12.1. The molecule has 1 saturated heterocycles. The number of ether oxygens (including phenoxy) is 2. The normalized spacial score (nSPS) is 33.7. The van der Waals surface area contributed by atoms with Gasteiger partial charge in [-0.1, -0.05) is 13.0 Å². The average Bonchev–Trinajstić information content (AvgIpc) is 2.99. The van der Waals surface area contributed by atoms with E-state index in [9.17, 15) is 4.79 Å². The van der Waals surface area contributed by atoms with Gasteiger partial charge >= 0.3 is 0 Å². The zero-order valence-electron chi connectivity index (χ0n) is 14.3. The Morgan fingerprint density at radius 1 is 1.21 bits per heavy atom. The van der Waals surface area contributed by atoms with Crippen LogP contribution in [-0.2, 0) is 9.53 Å². The topological polar surface area (TPSA) is 51.7 Å². The van der Waals surface area contributed by atoms with Crippen molar-refractivity contribution in [2.75, 3.05) is 19.8 Å². The molecule has 0 spiro atoms. The molecular formula is C19H26N2O3. The molecule has 0 N–H and O–H groups in total. The highest BCUT2D eigenvalue weighted by molar-refractivity contribution is 5.78. The van der Waals surface area contributed by atoms with E-state index < -0.39 is 0 Å². The Kier molecular flexibility index (Phi) is 4.44. The van der Waals surface area contributed by atoms with Gasteiger partial charge in [0, 0.05) is 18.3 Å². The third-order valence-electron chi connectivity index (χ3n) is 5.95. The van der Waals surface area contributed by atoms with Crippen LogP contribution >= 0.6 is 0 Å². The van der Waals surface area contributed by atoms with Crippen LogP contribution in [0, 0.1) is 5.92 Å². The molecule has 0 unspecified atom stereocenters. The summed E-state index contributed by atoms with van der Waals surface area (Å²) in [5.74, 6) is 1.64. The molecule has 4 heterocycles. The van der Waals surface area contributed by atoms with E-state index in [-0.39, 0.29) is 18.6 Å². The first-order valence-electron chi connectivity index (χ1n) is 9.21. The number of hydrogen-bond acceptors (Lipinski definition) is 4. The molecule has 1 aromatic rings. The van der Waals surface area contributed by atoms with Gasteiger partial charge < -0.3 is 14.4 Å². The van der Waals surface area contributed by atoms with Gasteiger partial charge in [0.25, 0.3) is 5.91 Å². The third-order valence-corrected chi connectivity index (χ3v) is 5.95. The maximum Gasteiger partial charge on any atom is 0.260 e. The SMILES string of the molecule is C[C@H]1CCN2C(=O)COc3ncccc3C3CCC(CC3)OC[C@@H]12. The Morgan fingerprint density at radius 2 is 2.04 bits per heavy atom. The Hall–Kier alpha value is -1.62. The van der Waals surface area contributed by atoms with Crippen LogP contribution in [0.2, 0.25) is 0 Å². The Morgan fingerprint density at radius 3 is 2.88 bits per heavy atom. The van der Waals surface area contributed by atoms with Crippen molar-refractivity contribution in [2.45, 2.75) is 57.1 Å². The van der Waals surface area contributed by atoms with Crippen molar-refractivity contribution >= 4 is 5.91 Å². The molecule has 24 heavy (non-hydrogen) atoms. The summed E-state index contributed by atoms with van der Waals surface area (Å²) in [5, 5.41) is 0. The zero-order chi connectivity index (χ0) is 16.5. The minimum atomic E-state index is 0.0520. The first-order chi connectivity index (χ1) is 11.7. The fraction of sp³-hybridized carbons (Fsp3) is 0.684. The molecule has 130 valence electrons. The van der Waals surface area contributed by atoms with Crippen LogP contribution in [0.15, 0.2) is 18.3 Å². The molecule has 1 aliphatic carbocycles. The van der Waals surface area contributed by atoms with E-state index in [0.717, 1.165) is 44.2 Å². The Balaban J connectivity index is 1.61. The van der Waals surface area contributed by atoms with Crippen molar-refractivity contribution in [1.29, 1.82) is 0 Å². The molecular weight excluding hydrogens is 304 g/mol. The monoisotopic (exact) mass is 330 g/mol. The second-order valence-electron chi connectivity index (χ2n) is 7.41. The quantitative estimate of drug-likeness (QED) is 0.734. The summed E-state index contributed by atoms with van der Waals surface area (Å²) in [5.41, 5.74) is 1.15. The lowest BCUT2D eigenvalue weighted by Gasteiger charge is -2.31. The second kappa shape index (κ2) is 6.71. The lowest BCUT2D eigenvalue weighted by Crippen LogP contribution is -2.43. The summed E-state index contributed by atoms with van der Waals surface area (Å²) in [4.78, 5) is 19.0. The maximum atomic E-state index is 12.6. The molecule has 5 rings (SSSR count). The Bertz CT molecular complexity index is 598. The van der Waals surface area contributed by atoms with E-state index in [1.165, 1.54) is 0 Å². The van der Waals surface area contributed by atoms with E-state index in [4.69, 9.17) is 9.47 Å². The van der Waals surface area contributed by atoms with Crippen molar-refractivity contribution in [3.8, 4) is 5.88 Å². The number of hydrogen-bond donors (Lipinski definition) is 0. The van der Waals surface area contributed by atoms with Crippen LogP contribution in [0.1, 0.15) is 50.5 Å². The zero-order valence-corrected chi connectivity index (χ0v) is 14.3. The van der Waals surface area contributed by atoms with Crippen LogP contribution in [0.25, 0.3) is 0 Å². The first-order valence-corrected chi connectivity index (χ1v) is 9.21. The molecule has 0 radical (unpaired) electrons. The van der Waals surface area contributed by atoms with Gasteiger partial charge in [0.15, 0.2) is 6.61 Å². The smallest absolute Gasteiger partial charge is 0.260 e. The average molecular weight is 330 g/mol. The number of nitrogens with zero attached hydrogens (tertiary/aromatic N) is 2. The van der Waals surface area contributed by atoms with E-state index in [1.807, 2.05) is 11.0 Å². The minimum Gasteiger partial charge on any atom is -0.467 e. The van der Waals surface area contributed by atoms with Crippen molar-refractivity contribution in [3.05, 3.63) is 23.9 Å². The standard InChI is InChI=1S/C19H26N2O3/c1-13-8-10-21-17(13)11-23-15-6-4-14(5-7-15)16-3-2-9-20-19(16)24-12-18(21)22/h2-3,9,13-15,17H,4-8,10-12H2,1H3/t13-,14?,15?,17-/m0/s1. The van der Waals surface area contributed by atoms with Gasteiger partial charge in [-0.25, -0.2) is 4.98 Å². The molecule has 4 aliphatic rings. The van der Waals surface area contributed by atoms with Crippen LogP contribution in [0.5, 0.6) is 5.88 Å². The van der Waals surface area contributed by atoms with Crippen LogP contribution < -0.4 is 4.74 Å². The van der Waals surface area contributed by atoms with Gasteiger partial charge in [0.1, 0.15) is 0 Å². The van der Waals surface area contributed by atoms with Gasteiger partial charge in [-0.3, -0.25) is 4.79 Å². The van der Waals surface area contributed by atoms with Crippen molar-refractivity contribution in [3.63, 3.8) is 0 Å². The number of pyridine rings is 1. The molecule has 2 bridgehead atoms. The summed E-state index contributed by atoms with van der Waals surface area (Å²) in [6, 6.07) is 4.24. The third kappa shape index (κ3) is 3.02. The van der Waals surface area contributed by atoms with Gasteiger partial charge in [0.05, 0.1) is 18.8 Å². The van der Waals surface area contributed by atoms with E-state index in [1.54, 1.807) is 6.20 Å². The van der Waals surface area contributed by atoms with Gasteiger partial charge in [-0.05, 0) is 50.0 Å². The van der Waals surface area contributed by atoms with Gasteiger partial charge in [0.2, 0.25) is 5.88 Å². The van der Waals surface area contributed by atoms with E-state index >= 15 is 0 Å². The van der Waals surface area contributed by atoms with Gasteiger partial charge in [-0.2, -0.15) is 0 Å². The lowest BCUT2D eigenvalue weighted by atomic mass is 9.83. The van der Waals surface area contributed by atoms with Crippen molar-refractivity contribution in [1.82, 2.24) is 9.88 Å². The fourth-order valence-electron chi connectivity index (χ4n) is 4.39. The predicted octanol–water partition coefficient (Wildman–Crippen LogP) is 2.75. The van der Waals surface area contributed by atoms with Crippen molar-refractivity contribution < 1.29 is 14.3 Å².